The molecule has 1 aromatic carbocycles. The third-order valence-electron chi connectivity index (χ3n) is 3.90. The molecule has 0 spiro atoms. The number of hydrogen-bond donors (Lipinski definition) is 1. The van der Waals surface area contributed by atoms with Gasteiger partial charge in [0.15, 0.2) is 0 Å². The number of aryl methyl sites for hydroxylation is 1. The first-order valence-electron chi connectivity index (χ1n) is 7.60. The summed E-state index contributed by atoms with van der Waals surface area (Å²) >= 11 is 0. The zero-order valence-corrected chi connectivity index (χ0v) is 15.3. The van der Waals surface area contributed by atoms with E-state index in [9.17, 15) is 8.42 Å². The van der Waals surface area contributed by atoms with Gasteiger partial charge in [-0.25, -0.2) is 13.1 Å². The van der Waals surface area contributed by atoms with Crippen LogP contribution in [-0.2, 0) is 16.6 Å². The molecule has 1 atom stereocenters. The predicted molar refractivity (Wildman–Crippen MR) is 90.9 cm³/mol. The number of methoxy groups -OCH3 is 2. The molecule has 2 rings (SSSR count). The molecule has 0 aliphatic rings. The molecule has 0 amide bonds. The van der Waals surface area contributed by atoms with E-state index in [0.717, 1.165) is 17.8 Å². The lowest BCUT2D eigenvalue weighted by Gasteiger charge is -2.16. The molecule has 8 heteroatoms. The average molecular weight is 353 g/mol. The second-order valence-corrected chi connectivity index (χ2v) is 7.04. The molecule has 0 radical (unpaired) electrons. The third kappa shape index (κ3) is 3.54. The van der Waals surface area contributed by atoms with E-state index < -0.39 is 16.1 Å². The number of benzene rings is 1. The summed E-state index contributed by atoms with van der Waals surface area (Å²) in [4.78, 5) is 0.0386. The maximum Gasteiger partial charge on any atom is 0.244 e. The molecule has 1 unspecified atom stereocenters. The monoisotopic (exact) mass is 353 g/mol. The zero-order chi connectivity index (χ0) is 17.9. The van der Waals surface area contributed by atoms with Crippen molar-refractivity contribution in [3.05, 3.63) is 35.7 Å². The second-order valence-electron chi connectivity index (χ2n) is 5.36. The molecule has 0 aliphatic carbocycles. The molecule has 7 nitrogen and oxygen atoms in total. The fourth-order valence-corrected chi connectivity index (χ4v) is 3.97. The van der Waals surface area contributed by atoms with Crippen molar-refractivity contribution < 1.29 is 17.9 Å². The van der Waals surface area contributed by atoms with Crippen molar-refractivity contribution in [3.8, 4) is 11.5 Å². The summed E-state index contributed by atoms with van der Waals surface area (Å²) in [6.45, 7) is 6.42. The highest BCUT2D eigenvalue weighted by Gasteiger charge is 2.24. The van der Waals surface area contributed by atoms with Gasteiger partial charge in [-0.2, -0.15) is 5.10 Å². The summed E-state index contributed by atoms with van der Waals surface area (Å²) in [5, 5.41) is 4.26. The van der Waals surface area contributed by atoms with Gasteiger partial charge in [0.1, 0.15) is 16.4 Å². The van der Waals surface area contributed by atoms with E-state index in [2.05, 4.69) is 9.82 Å². The van der Waals surface area contributed by atoms with Crippen LogP contribution in [0, 0.1) is 6.92 Å². The van der Waals surface area contributed by atoms with Crippen LogP contribution in [-0.4, -0.2) is 32.4 Å². The van der Waals surface area contributed by atoms with Crippen LogP contribution in [0.2, 0.25) is 0 Å². The Morgan fingerprint density at radius 1 is 1.29 bits per heavy atom. The van der Waals surface area contributed by atoms with E-state index in [0.29, 0.717) is 5.75 Å². The fraction of sp³-hybridized carbons (Fsp3) is 0.438. The number of ether oxygens (including phenoxy) is 2. The van der Waals surface area contributed by atoms with Crippen molar-refractivity contribution in [2.24, 2.45) is 0 Å². The minimum absolute atomic E-state index is 0.0386. The van der Waals surface area contributed by atoms with Crippen LogP contribution in [0.1, 0.15) is 31.1 Å². The molecule has 0 saturated carbocycles. The van der Waals surface area contributed by atoms with Crippen molar-refractivity contribution in [2.75, 3.05) is 14.2 Å². The fourth-order valence-electron chi connectivity index (χ4n) is 2.56. The number of hydrogen-bond acceptors (Lipinski definition) is 5. The van der Waals surface area contributed by atoms with E-state index in [1.807, 2.05) is 18.5 Å². The van der Waals surface area contributed by atoms with Gasteiger partial charge in [0.25, 0.3) is 0 Å². The minimum Gasteiger partial charge on any atom is -0.497 e. The summed E-state index contributed by atoms with van der Waals surface area (Å²) in [6.07, 6.45) is 1.69. The number of rotatable bonds is 7. The highest BCUT2D eigenvalue weighted by atomic mass is 32.2. The Morgan fingerprint density at radius 3 is 2.54 bits per heavy atom. The summed E-state index contributed by atoms with van der Waals surface area (Å²) in [5.41, 5.74) is 1.77. The molecule has 24 heavy (non-hydrogen) atoms. The van der Waals surface area contributed by atoms with Crippen LogP contribution in [0.4, 0.5) is 0 Å². The Morgan fingerprint density at radius 2 is 2.00 bits per heavy atom. The maximum atomic E-state index is 12.8. The summed E-state index contributed by atoms with van der Waals surface area (Å²) in [7, 11) is -0.876. The number of nitrogens with one attached hydrogen (secondary N) is 1. The van der Waals surface area contributed by atoms with E-state index >= 15 is 0 Å². The molecular weight excluding hydrogens is 330 g/mol. The van der Waals surface area contributed by atoms with Crippen molar-refractivity contribution in [1.82, 2.24) is 14.5 Å². The molecule has 2 aromatic rings. The van der Waals surface area contributed by atoms with Gasteiger partial charge in [-0.05, 0) is 32.9 Å². The quantitative estimate of drug-likeness (QED) is 0.826. The first kappa shape index (κ1) is 18.3. The first-order valence-corrected chi connectivity index (χ1v) is 9.09. The van der Waals surface area contributed by atoms with Crippen molar-refractivity contribution in [3.63, 3.8) is 0 Å². The van der Waals surface area contributed by atoms with Crippen LogP contribution in [0.5, 0.6) is 11.5 Å². The molecule has 0 saturated heterocycles. The molecule has 1 heterocycles. The molecule has 0 bridgehead atoms. The molecule has 0 fully saturated rings. The topological polar surface area (TPSA) is 82.5 Å². The summed E-state index contributed by atoms with van der Waals surface area (Å²) in [5.74, 6) is 0.704. The number of aromatic nitrogens is 2. The smallest absolute Gasteiger partial charge is 0.244 e. The van der Waals surface area contributed by atoms with Crippen molar-refractivity contribution in [1.29, 1.82) is 0 Å². The Hall–Kier alpha value is -2.06. The van der Waals surface area contributed by atoms with Crippen LogP contribution in [0.15, 0.2) is 29.3 Å². The molecule has 1 aromatic heterocycles. The summed E-state index contributed by atoms with van der Waals surface area (Å²) < 4.78 is 40.3. The van der Waals surface area contributed by atoms with Gasteiger partial charge in [-0.3, -0.25) is 4.68 Å². The average Bonchev–Trinajstić information content (AvgIpc) is 2.94. The number of sulfonamides is 1. The van der Waals surface area contributed by atoms with Gasteiger partial charge in [-0.15, -0.1) is 0 Å². The third-order valence-corrected chi connectivity index (χ3v) is 5.46. The van der Waals surface area contributed by atoms with E-state index in [4.69, 9.17) is 9.47 Å². The SMILES string of the molecule is CCn1ncc(C(C)NS(=O)(=O)c2cc(OC)ccc2OC)c1C. The van der Waals surface area contributed by atoms with Gasteiger partial charge in [-0.1, -0.05) is 0 Å². The standard InChI is InChI=1S/C16H23N3O4S/c1-6-19-12(3)14(10-17-19)11(2)18-24(20,21)16-9-13(22-4)7-8-15(16)23-5/h7-11,18H,6H2,1-5H3. The Kier molecular flexibility index (Phi) is 5.51. The minimum atomic E-state index is -3.79. The highest BCUT2D eigenvalue weighted by molar-refractivity contribution is 7.89. The van der Waals surface area contributed by atoms with Crippen molar-refractivity contribution in [2.45, 2.75) is 38.3 Å². The van der Waals surface area contributed by atoms with Crippen LogP contribution in [0.3, 0.4) is 0 Å². The molecule has 1 N–H and O–H groups in total. The Balaban J connectivity index is 2.35. The van der Waals surface area contributed by atoms with E-state index in [1.54, 1.807) is 25.3 Å². The second kappa shape index (κ2) is 7.23. The Labute approximate surface area is 142 Å². The lowest BCUT2D eigenvalue weighted by Crippen LogP contribution is -2.27. The lowest BCUT2D eigenvalue weighted by atomic mass is 10.1. The van der Waals surface area contributed by atoms with Crippen LogP contribution >= 0.6 is 0 Å². The first-order chi connectivity index (χ1) is 11.3. The normalized spacial score (nSPS) is 12.9. The van der Waals surface area contributed by atoms with Gasteiger partial charge >= 0.3 is 0 Å². The van der Waals surface area contributed by atoms with Gasteiger partial charge in [0.05, 0.1) is 20.4 Å². The van der Waals surface area contributed by atoms with E-state index in [-0.39, 0.29) is 10.6 Å². The van der Waals surface area contributed by atoms with Gasteiger partial charge < -0.3 is 9.47 Å². The molecular formula is C16H23N3O4S. The molecule has 132 valence electrons. The Bertz CT molecular complexity index is 815. The van der Waals surface area contributed by atoms with Gasteiger partial charge in [0.2, 0.25) is 10.0 Å². The van der Waals surface area contributed by atoms with Crippen LogP contribution in [0.25, 0.3) is 0 Å². The van der Waals surface area contributed by atoms with Crippen LogP contribution < -0.4 is 14.2 Å². The lowest BCUT2D eigenvalue weighted by molar-refractivity contribution is 0.391. The largest absolute Gasteiger partial charge is 0.497 e. The predicted octanol–water partition coefficient (Wildman–Crippen LogP) is 2.27. The van der Waals surface area contributed by atoms with E-state index in [1.165, 1.54) is 20.3 Å². The van der Waals surface area contributed by atoms with Gasteiger partial charge in [0, 0.05) is 29.9 Å². The zero-order valence-electron chi connectivity index (χ0n) is 14.5. The maximum absolute atomic E-state index is 12.8. The van der Waals surface area contributed by atoms with Crippen molar-refractivity contribution >= 4 is 10.0 Å². The highest BCUT2D eigenvalue weighted by Crippen LogP contribution is 2.29. The summed E-state index contributed by atoms with van der Waals surface area (Å²) in [6, 6.07) is 4.23. The molecule has 0 aliphatic heterocycles. The number of nitrogens with zero attached hydrogens (tertiary/aromatic N) is 2.